The molecule has 2 heterocycles. The van der Waals surface area contributed by atoms with Gasteiger partial charge in [-0.3, -0.25) is 9.78 Å². The van der Waals surface area contributed by atoms with Gasteiger partial charge in [0.2, 0.25) is 5.88 Å². The molecular formula is C21H19ClN4O5. The first-order valence-electron chi connectivity index (χ1n) is 9.31. The van der Waals surface area contributed by atoms with Gasteiger partial charge in [-0.25, -0.2) is 9.36 Å². The van der Waals surface area contributed by atoms with Gasteiger partial charge in [0.25, 0.3) is 5.56 Å². The number of benzene rings is 2. The number of ether oxygens (including phenoxy) is 2. The Morgan fingerprint density at radius 2 is 1.90 bits per heavy atom. The third-order valence-corrected chi connectivity index (χ3v) is 5.24. The van der Waals surface area contributed by atoms with Crippen molar-refractivity contribution in [1.82, 2.24) is 15.0 Å². The van der Waals surface area contributed by atoms with Crippen LogP contribution in [0.3, 0.4) is 0 Å². The van der Waals surface area contributed by atoms with E-state index in [1.54, 1.807) is 38.5 Å². The predicted molar refractivity (Wildman–Crippen MR) is 116 cm³/mol. The molecule has 3 N–H and O–H groups in total. The molecule has 31 heavy (non-hydrogen) atoms. The summed E-state index contributed by atoms with van der Waals surface area (Å²) in [5.74, 6) is 0.642. The predicted octanol–water partition coefficient (Wildman–Crippen LogP) is 2.34. The zero-order valence-corrected chi connectivity index (χ0v) is 17.4. The average molecular weight is 443 g/mol. The maximum atomic E-state index is 12.5. The number of hydrazone groups is 1. The second-order valence-corrected chi connectivity index (χ2v) is 7.27. The molecule has 1 aliphatic heterocycles. The van der Waals surface area contributed by atoms with Crippen LogP contribution in [-0.4, -0.2) is 34.6 Å². The lowest BCUT2D eigenvalue weighted by Crippen LogP contribution is -2.33. The van der Waals surface area contributed by atoms with Crippen LogP contribution in [0.4, 0.5) is 0 Å². The SMILES string of the molecule is COc1ccc([C@@H]2CC(c3c(O)n(-c4cccc(Cl)c4)c(=O)[nH]c3=O)=NN2)cc1OC. The second-order valence-electron chi connectivity index (χ2n) is 6.83. The Bertz CT molecular complexity index is 1300. The molecule has 0 spiro atoms. The highest BCUT2D eigenvalue weighted by atomic mass is 35.5. The smallest absolute Gasteiger partial charge is 0.335 e. The lowest BCUT2D eigenvalue weighted by Gasteiger charge is -2.14. The second kappa shape index (κ2) is 8.19. The van der Waals surface area contributed by atoms with Crippen molar-refractivity contribution >= 4 is 17.3 Å². The molecule has 0 aliphatic carbocycles. The van der Waals surface area contributed by atoms with Gasteiger partial charge in [0.15, 0.2) is 11.5 Å². The monoisotopic (exact) mass is 442 g/mol. The van der Waals surface area contributed by atoms with Crippen LogP contribution in [0, 0.1) is 0 Å². The molecule has 10 heteroatoms. The third-order valence-electron chi connectivity index (χ3n) is 5.00. The van der Waals surface area contributed by atoms with Crippen molar-refractivity contribution in [2.45, 2.75) is 12.5 Å². The maximum Gasteiger partial charge on any atom is 0.335 e. The van der Waals surface area contributed by atoms with Crippen LogP contribution in [0.15, 0.2) is 57.2 Å². The molecule has 0 radical (unpaired) electrons. The number of H-pyrrole nitrogens is 1. The summed E-state index contributed by atoms with van der Waals surface area (Å²) in [6.45, 7) is 0. The average Bonchev–Trinajstić information content (AvgIpc) is 3.22. The summed E-state index contributed by atoms with van der Waals surface area (Å²) < 4.78 is 11.6. The number of methoxy groups -OCH3 is 2. The van der Waals surface area contributed by atoms with E-state index in [0.717, 1.165) is 10.1 Å². The van der Waals surface area contributed by atoms with Crippen molar-refractivity contribution < 1.29 is 14.6 Å². The molecule has 1 aromatic heterocycles. The van der Waals surface area contributed by atoms with Gasteiger partial charge in [0, 0.05) is 11.4 Å². The molecule has 0 saturated carbocycles. The molecule has 0 bridgehead atoms. The van der Waals surface area contributed by atoms with Crippen LogP contribution in [0.1, 0.15) is 23.6 Å². The van der Waals surface area contributed by atoms with Crippen LogP contribution >= 0.6 is 11.6 Å². The maximum absolute atomic E-state index is 12.5. The molecule has 1 aliphatic rings. The summed E-state index contributed by atoms with van der Waals surface area (Å²) in [6, 6.07) is 11.6. The Kier molecular flexibility index (Phi) is 5.43. The number of hydrogen-bond acceptors (Lipinski definition) is 7. The summed E-state index contributed by atoms with van der Waals surface area (Å²) >= 11 is 6.01. The quantitative estimate of drug-likeness (QED) is 0.558. The van der Waals surface area contributed by atoms with Gasteiger partial charge < -0.3 is 20.0 Å². The lowest BCUT2D eigenvalue weighted by molar-refractivity contribution is 0.354. The standard InChI is InChI=1S/C21H19ClN4O5/c1-30-16-7-6-11(8-17(16)31-2)14-10-15(25-24-14)18-19(27)23-21(29)26(20(18)28)13-5-3-4-12(22)9-13/h3-9,14,24,28H,10H2,1-2H3,(H,23,27,29)/t14-/m0/s1. The van der Waals surface area contributed by atoms with E-state index in [1.165, 1.54) is 6.07 Å². The lowest BCUT2D eigenvalue weighted by atomic mass is 9.99. The fourth-order valence-corrected chi connectivity index (χ4v) is 3.68. The highest BCUT2D eigenvalue weighted by Gasteiger charge is 2.28. The van der Waals surface area contributed by atoms with E-state index >= 15 is 0 Å². The summed E-state index contributed by atoms with van der Waals surface area (Å²) in [4.78, 5) is 27.1. The molecule has 1 atom stereocenters. The molecule has 0 unspecified atom stereocenters. The highest BCUT2D eigenvalue weighted by molar-refractivity contribution is 6.30. The molecular weight excluding hydrogens is 424 g/mol. The Labute approximate surface area is 181 Å². The zero-order chi connectivity index (χ0) is 22.1. The van der Waals surface area contributed by atoms with E-state index in [0.29, 0.717) is 34.3 Å². The van der Waals surface area contributed by atoms with Gasteiger partial charge in [-0.15, -0.1) is 0 Å². The van der Waals surface area contributed by atoms with Crippen LogP contribution in [-0.2, 0) is 0 Å². The number of rotatable bonds is 5. The molecule has 0 amide bonds. The summed E-state index contributed by atoms with van der Waals surface area (Å²) in [7, 11) is 3.10. The molecule has 2 aromatic carbocycles. The van der Waals surface area contributed by atoms with Crippen molar-refractivity contribution in [2.75, 3.05) is 14.2 Å². The van der Waals surface area contributed by atoms with Crippen molar-refractivity contribution in [3.8, 4) is 23.1 Å². The number of nitrogens with zero attached hydrogens (tertiary/aromatic N) is 2. The Morgan fingerprint density at radius 3 is 2.61 bits per heavy atom. The molecule has 160 valence electrons. The minimum absolute atomic E-state index is 0.0879. The van der Waals surface area contributed by atoms with E-state index in [2.05, 4.69) is 15.5 Å². The fraction of sp³-hybridized carbons (Fsp3) is 0.190. The molecule has 0 saturated heterocycles. The fourth-order valence-electron chi connectivity index (χ4n) is 3.50. The highest BCUT2D eigenvalue weighted by Crippen LogP contribution is 2.33. The molecule has 3 aromatic rings. The van der Waals surface area contributed by atoms with E-state index < -0.39 is 17.1 Å². The zero-order valence-electron chi connectivity index (χ0n) is 16.7. The van der Waals surface area contributed by atoms with Crippen LogP contribution in [0.2, 0.25) is 5.02 Å². The van der Waals surface area contributed by atoms with Gasteiger partial charge in [-0.1, -0.05) is 23.7 Å². The largest absolute Gasteiger partial charge is 0.493 e. The van der Waals surface area contributed by atoms with E-state index in [1.807, 2.05) is 12.1 Å². The Balaban J connectivity index is 1.71. The Morgan fingerprint density at radius 1 is 1.13 bits per heavy atom. The van der Waals surface area contributed by atoms with Gasteiger partial charge in [-0.2, -0.15) is 5.10 Å². The van der Waals surface area contributed by atoms with Crippen LogP contribution in [0.5, 0.6) is 17.4 Å². The summed E-state index contributed by atoms with van der Waals surface area (Å²) in [6.07, 6.45) is 0.305. The van der Waals surface area contributed by atoms with Gasteiger partial charge in [-0.05, 0) is 35.9 Å². The summed E-state index contributed by atoms with van der Waals surface area (Å²) in [5.41, 5.74) is 2.86. The number of aromatic nitrogens is 2. The van der Waals surface area contributed by atoms with Crippen molar-refractivity contribution in [1.29, 1.82) is 0 Å². The number of hydrogen-bond donors (Lipinski definition) is 3. The van der Waals surface area contributed by atoms with Crippen molar-refractivity contribution in [3.05, 3.63) is 79.5 Å². The van der Waals surface area contributed by atoms with Crippen LogP contribution in [0.25, 0.3) is 5.69 Å². The molecule has 4 rings (SSSR count). The first-order valence-corrected chi connectivity index (χ1v) is 9.69. The number of aromatic hydroxyl groups is 1. The number of halogens is 1. The topological polar surface area (TPSA) is 118 Å². The van der Waals surface area contributed by atoms with Gasteiger partial charge >= 0.3 is 5.69 Å². The normalized spacial score (nSPS) is 15.3. The van der Waals surface area contributed by atoms with E-state index in [9.17, 15) is 14.7 Å². The van der Waals surface area contributed by atoms with Crippen molar-refractivity contribution in [3.63, 3.8) is 0 Å². The minimum Gasteiger partial charge on any atom is -0.493 e. The minimum atomic E-state index is -0.781. The Hall–Kier alpha value is -3.72. The summed E-state index contributed by atoms with van der Waals surface area (Å²) in [5, 5.41) is 15.4. The van der Waals surface area contributed by atoms with Crippen LogP contribution < -0.4 is 26.1 Å². The van der Waals surface area contributed by atoms with E-state index in [4.69, 9.17) is 21.1 Å². The third kappa shape index (κ3) is 3.75. The number of aromatic amines is 1. The number of nitrogens with one attached hydrogen (secondary N) is 2. The van der Waals surface area contributed by atoms with Gasteiger partial charge in [0.1, 0.15) is 5.56 Å². The molecule has 0 fully saturated rings. The molecule has 9 nitrogen and oxygen atoms in total. The first-order chi connectivity index (χ1) is 14.9. The first kappa shape index (κ1) is 20.5. The van der Waals surface area contributed by atoms with E-state index in [-0.39, 0.29) is 11.6 Å². The van der Waals surface area contributed by atoms with Crippen molar-refractivity contribution in [2.24, 2.45) is 5.10 Å². The van der Waals surface area contributed by atoms with Gasteiger partial charge in [0.05, 0.1) is 31.7 Å².